The fraction of sp³-hybridized carbons (Fsp3) is 0.517. The van der Waals surface area contributed by atoms with E-state index in [1.807, 2.05) is 0 Å². The van der Waals surface area contributed by atoms with Gasteiger partial charge in [-0.05, 0) is 139 Å². The Labute approximate surface area is 493 Å². The number of carbonyl (C=O) groups excluding carboxylic acids is 6. The summed E-state index contributed by atoms with van der Waals surface area (Å²) in [6, 6.07) is 15.0. The van der Waals surface area contributed by atoms with Gasteiger partial charge in [0.05, 0.1) is 47.5 Å². The molecule has 2 heterocycles. The van der Waals surface area contributed by atoms with Gasteiger partial charge in [-0.3, -0.25) is 19.2 Å². The van der Waals surface area contributed by atoms with E-state index in [0.29, 0.717) is 27.7 Å². The summed E-state index contributed by atoms with van der Waals surface area (Å²) in [7, 11) is 0. The molecule has 2 aromatic heterocycles. The summed E-state index contributed by atoms with van der Waals surface area (Å²) in [5.74, 6) is -2.21. The molecule has 23 nitrogen and oxygen atoms in total. The van der Waals surface area contributed by atoms with Gasteiger partial charge in [0.15, 0.2) is 6.10 Å². The number of benzene rings is 2. The number of hydrogen-bond acceptors (Lipinski definition) is 20. The summed E-state index contributed by atoms with van der Waals surface area (Å²) < 4.78 is 45.6. The number of anilines is 1. The number of thioether (sulfide) groups is 1. The molecule has 5 atom stereocenters. The lowest BCUT2D eigenvalue weighted by molar-refractivity contribution is -0.160. The van der Waals surface area contributed by atoms with E-state index in [-0.39, 0.29) is 71.6 Å². The summed E-state index contributed by atoms with van der Waals surface area (Å²) >= 11 is 7.21. The normalized spacial score (nSPS) is 13.6. The molecule has 0 aliphatic heterocycles. The van der Waals surface area contributed by atoms with E-state index in [1.165, 1.54) is 18.0 Å². The molecular weight excluding hydrogens is 1110 g/mol. The molecule has 0 spiro atoms. The quantitative estimate of drug-likeness (QED) is 0.0235. The maximum absolute atomic E-state index is 13.5. The second-order valence-electron chi connectivity index (χ2n) is 22.9. The number of halogens is 1. The second-order valence-corrected chi connectivity index (χ2v) is 24.3. The van der Waals surface area contributed by atoms with E-state index in [0.717, 1.165) is 0 Å². The number of amides is 4. The Hall–Kier alpha value is -7.64. The number of esters is 2. The van der Waals surface area contributed by atoms with Gasteiger partial charge in [0.25, 0.3) is 0 Å². The van der Waals surface area contributed by atoms with Crippen molar-refractivity contribution in [1.29, 1.82) is 10.5 Å². The van der Waals surface area contributed by atoms with Crippen molar-refractivity contribution in [3.8, 4) is 40.5 Å². The Kier molecular flexibility index (Phi) is 24.6. The van der Waals surface area contributed by atoms with Crippen molar-refractivity contribution in [2.45, 2.75) is 173 Å². The number of nitrogens with zero attached hydrogens (tertiary/aromatic N) is 4. The topological polar surface area (TPSA) is 328 Å². The monoisotopic (exact) mass is 1190 g/mol. The number of rotatable bonds is 25. The van der Waals surface area contributed by atoms with E-state index >= 15 is 0 Å². The van der Waals surface area contributed by atoms with Gasteiger partial charge < -0.3 is 64.6 Å². The molecule has 0 radical (unpaired) electrons. The zero-order chi connectivity index (χ0) is 62.0. The third-order valence-electron chi connectivity index (χ3n) is 10.9. The van der Waals surface area contributed by atoms with Crippen molar-refractivity contribution in [3.63, 3.8) is 0 Å². The maximum Gasteiger partial charge on any atom is 0.408 e. The lowest BCUT2D eigenvalue weighted by Crippen LogP contribution is -2.55. The Morgan fingerprint density at radius 1 is 0.675 bits per heavy atom. The van der Waals surface area contributed by atoms with Crippen LogP contribution in [-0.2, 0) is 53.4 Å². The number of alkyl carbamates (subject to hydrolysis) is 2. The molecule has 0 saturated carbocycles. The minimum absolute atomic E-state index is 0.0282. The molecule has 0 fully saturated rings. The molecule has 0 aliphatic carbocycles. The van der Waals surface area contributed by atoms with Gasteiger partial charge in [0, 0.05) is 35.0 Å². The average molecular weight is 1190 g/mol. The van der Waals surface area contributed by atoms with Crippen LogP contribution in [0.3, 0.4) is 0 Å². The van der Waals surface area contributed by atoms with Crippen LogP contribution in [0, 0.1) is 22.7 Å². The van der Waals surface area contributed by atoms with Crippen LogP contribution in [0.4, 0.5) is 15.4 Å². The zero-order valence-electron chi connectivity index (χ0n) is 49.4. The van der Waals surface area contributed by atoms with Crippen LogP contribution in [0.5, 0.6) is 5.75 Å². The predicted octanol–water partition coefficient (Wildman–Crippen LogP) is 8.72. The van der Waals surface area contributed by atoms with Gasteiger partial charge in [-0.25, -0.2) is 19.6 Å². The minimum atomic E-state index is -1.24. The number of nitrogens with one attached hydrogen (secondary N) is 4. The molecule has 25 heteroatoms. The fourth-order valence-corrected chi connectivity index (χ4v) is 8.66. The third kappa shape index (κ3) is 23.6. The first-order valence-corrected chi connectivity index (χ1v) is 28.0. The van der Waals surface area contributed by atoms with Gasteiger partial charge in [-0.15, -0.1) is 0 Å². The number of pyridine rings is 1. The van der Waals surface area contributed by atoms with Crippen LogP contribution in [0.25, 0.3) is 22.6 Å². The van der Waals surface area contributed by atoms with Gasteiger partial charge in [-0.1, -0.05) is 35.5 Å². The van der Waals surface area contributed by atoms with Crippen molar-refractivity contribution >= 4 is 65.1 Å². The number of nitrogen functional groups attached to an aromatic ring is 1. The Morgan fingerprint density at radius 3 is 1.65 bits per heavy atom. The number of nitriles is 2. The molecule has 0 bridgehead atoms. The lowest BCUT2D eigenvalue weighted by atomic mass is 9.97. The maximum atomic E-state index is 13.5. The highest BCUT2D eigenvalue weighted by Gasteiger charge is 2.34. The smallest absolute Gasteiger partial charge is 0.408 e. The second kappa shape index (κ2) is 30.1. The van der Waals surface area contributed by atoms with Crippen molar-refractivity contribution in [2.75, 3.05) is 32.0 Å². The number of oxazole rings is 1. The summed E-state index contributed by atoms with van der Waals surface area (Å²) in [6.07, 6.45) is -3.82. The van der Waals surface area contributed by atoms with Gasteiger partial charge in [-0.2, -0.15) is 10.5 Å². The summed E-state index contributed by atoms with van der Waals surface area (Å²) in [5.41, 5.74) is 5.19. The molecular formula is C58H76ClN9O14S. The summed E-state index contributed by atoms with van der Waals surface area (Å²) in [4.78, 5) is 88.0. The first kappa shape index (κ1) is 67.9. The zero-order valence-corrected chi connectivity index (χ0v) is 51.0. The van der Waals surface area contributed by atoms with Crippen molar-refractivity contribution in [1.82, 2.24) is 31.2 Å². The van der Waals surface area contributed by atoms with Crippen LogP contribution < -0.4 is 31.7 Å². The standard InChI is InChI=1S/C58H76ClN9O14S/c1-33(79-55(3,4)5)46(66-53(73)81-57(9,10)11)49(71)63-25-23-43(69)76-31-40(78-44(70)24-26-64-50(72)47(34(2)80-56(6,7)8)67-54(74)82-58(12,13)14)30-75-39-21-17-35(18-22-39)45-41(27-60)48(62)68-52(42(45)28-61)83-32-38-29-77-51(65-38)36-15-19-37(59)20-16-36/h15-22,29,33-34,40,46-47H,23-26,30-32H2,1-14H3,(H2,62,68)(H,63,71)(H,64,72)(H,66,73)(H,67,74). The van der Waals surface area contributed by atoms with E-state index in [4.69, 9.17) is 54.9 Å². The molecule has 4 amide bonds. The van der Waals surface area contributed by atoms with Gasteiger partial charge in [0.2, 0.25) is 17.7 Å². The highest BCUT2D eigenvalue weighted by Crippen LogP contribution is 2.37. The van der Waals surface area contributed by atoms with Crippen molar-refractivity contribution < 1.29 is 66.3 Å². The average Bonchev–Trinajstić information content (AvgIpc) is 3.48. The van der Waals surface area contributed by atoms with Gasteiger partial charge >= 0.3 is 24.1 Å². The first-order valence-electron chi connectivity index (χ1n) is 26.6. The van der Waals surface area contributed by atoms with Crippen LogP contribution in [0.1, 0.15) is 127 Å². The Balaban J connectivity index is 1.51. The number of nitrogens with two attached hydrogens (primary N) is 1. The number of hydrogen-bond donors (Lipinski definition) is 5. The number of aromatic nitrogens is 2. The fourth-order valence-electron chi connectivity index (χ4n) is 7.67. The van der Waals surface area contributed by atoms with Crippen molar-refractivity contribution in [3.05, 3.63) is 76.6 Å². The first-order chi connectivity index (χ1) is 38.6. The van der Waals surface area contributed by atoms with Crippen LogP contribution in [0.2, 0.25) is 5.02 Å². The molecule has 6 N–H and O–H groups in total. The van der Waals surface area contributed by atoms with E-state index < -0.39 is 95.3 Å². The molecule has 5 unspecified atom stereocenters. The van der Waals surface area contributed by atoms with E-state index in [2.05, 4.69) is 43.4 Å². The molecule has 0 saturated heterocycles. The number of carbonyl (C=O) groups is 6. The Morgan fingerprint density at radius 2 is 1.17 bits per heavy atom. The highest BCUT2D eigenvalue weighted by molar-refractivity contribution is 7.98. The summed E-state index contributed by atoms with van der Waals surface area (Å²) in [5, 5.41) is 31.8. The Bertz CT molecular complexity index is 2970. The summed E-state index contributed by atoms with van der Waals surface area (Å²) in [6.45, 7) is 22.6. The molecule has 2 aromatic carbocycles. The van der Waals surface area contributed by atoms with E-state index in [9.17, 15) is 39.3 Å². The number of ether oxygens (including phenoxy) is 7. The van der Waals surface area contributed by atoms with Crippen LogP contribution in [0.15, 0.2) is 64.2 Å². The SMILES string of the molecule is CC(OC(C)(C)C)C(NC(=O)OC(C)(C)C)C(=O)NCCC(=O)OCC(COc1ccc(-c2c(C#N)c(N)nc(SCc3coc(-c4ccc(Cl)cc4)n3)c2C#N)cc1)OC(=O)CCNC(=O)C(NC(=O)OC(C)(C)C)C(C)OC(C)(C)C. The van der Waals surface area contributed by atoms with Gasteiger partial charge in [0.1, 0.15) is 77.1 Å². The molecule has 0 aliphatic rings. The molecule has 450 valence electrons. The van der Waals surface area contributed by atoms with Crippen LogP contribution >= 0.6 is 23.4 Å². The van der Waals surface area contributed by atoms with E-state index in [1.54, 1.807) is 145 Å². The largest absolute Gasteiger partial charge is 0.490 e. The minimum Gasteiger partial charge on any atom is -0.490 e. The lowest BCUT2D eigenvalue weighted by Gasteiger charge is -2.31. The van der Waals surface area contributed by atoms with Crippen LogP contribution in [-0.4, -0.2) is 125 Å². The molecule has 83 heavy (non-hydrogen) atoms. The highest BCUT2D eigenvalue weighted by atomic mass is 35.5. The predicted molar refractivity (Wildman–Crippen MR) is 309 cm³/mol. The van der Waals surface area contributed by atoms with Crippen molar-refractivity contribution in [2.24, 2.45) is 0 Å². The molecule has 4 rings (SSSR count). The molecule has 4 aromatic rings. The third-order valence-corrected chi connectivity index (χ3v) is 12.2.